The third-order valence-corrected chi connectivity index (χ3v) is 2.56. The molecule has 0 bridgehead atoms. The van der Waals surface area contributed by atoms with Gasteiger partial charge in [-0.15, -0.1) is 0 Å². The number of nitrogens with one attached hydrogen (secondary N) is 1. The number of nitrogens with zero attached hydrogens (tertiary/aromatic N) is 1. The van der Waals surface area contributed by atoms with Crippen LogP contribution in [-0.4, -0.2) is 25.4 Å². The van der Waals surface area contributed by atoms with Gasteiger partial charge < -0.3 is 5.32 Å². The molecule has 0 atom stereocenters. The Morgan fingerprint density at radius 3 is 2.80 bits per heavy atom. The number of anilines is 1. The lowest BCUT2D eigenvalue weighted by Gasteiger charge is -2.15. The highest BCUT2D eigenvalue weighted by atomic mass is 35.5. The number of aldehydes is 1. The summed E-state index contributed by atoms with van der Waals surface area (Å²) in [5.41, 5.74) is 1.14. The van der Waals surface area contributed by atoms with E-state index in [1.807, 2.05) is 0 Å². The van der Waals surface area contributed by atoms with Crippen molar-refractivity contribution in [1.29, 1.82) is 0 Å². The number of rotatable bonds is 2. The van der Waals surface area contributed by atoms with Gasteiger partial charge in [0.15, 0.2) is 0 Å². The number of amides is 2. The molecule has 0 saturated carbocycles. The Morgan fingerprint density at radius 1 is 1.47 bits per heavy atom. The van der Waals surface area contributed by atoms with Crippen LogP contribution in [0.25, 0.3) is 0 Å². The number of hydrogen-bond acceptors (Lipinski definition) is 2. The van der Waals surface area contributed by atoms with E-state index < -0.39 is 0 Å². The first kappa shape index (κ1) is 9.98. The molecule has 1 N–H and O–H groups in total. The molecule has 1 heterocycles. The molecule has 1 aliphatic rings. The van der Waals surface area contributed by atoms with Crippen molar-refractivity contribution in [2.75, 3.05) is 18.0 Å². The number of halogens is 1. The fourth-order valence-electron chi connectivity index (χ4n) is 1.52. The smallest absolute Gasteiger partial charge is 0.322 e. The monoisotopic (exact) mass is 224 g/mol. The van der Waals surface area contributed by atoms with E-state index in [9.17, 15) is 9.59 Å². The molecule has 2 rings (SSSR count). The van der Waals surface area contributed by atoms with Crippen molar-refractivity contribution in [2.24, 2.45) is 0 Å². The summed E-state index contributed by atoms with van der Waals surface area (Å²) < 4.78 is 0. The Hall–Kier alpha value is -1.55. The van der Waals surface area contributed by atoms with Gasteiger partial charge in [-0.2, -0.15) is 0 Å². The summed E-state index contributed by atoms with van der Waals surface area (Å²) >= 11 is 5.97. The van der Waals surface area contributed by atoms with Crippen LogP contribution in [0.3, 0.4) is 0 Å². The van der Waals surface area contributed by atoms with Crippen molar-refractivity contribution in [3.63, 3.8) is 0 Å². The van der Waals surface area contributed by atoms with Crippen LogP contribution in [0.4, 0.5) is 10.5 Å². The number of benzene rings is 1. The van der Waals surface area contributed by atoms with Crippen LogP contribution in [0.1, 0.15) is 10.4 Å². The third-order valence-electron chi connectivity index (χ3n) is 2.26. The zero-order chi connectivity index (χ0) is 10.8. The minimum Gasteiger partial charge on any atom is -0.336 e. The molecule has 5 heteroatoms. The van der Waals surface area contributed by atoms with Crippen molar-refractivity contribution >= 4 is 29.6 Å². The first-order valence-electron chi connectivity index (χ1n) is 4.52. The van der Waals surface area contributed by atoms with E-state index in [4.69, 9.17) is 11.6 Å². The predicted octanol–water partition coefficient (Wildman–Crippen LogP) is 1.68. The van der Waals surface area contributed by atoms with Crippen molar-refractivity contribution in [2.45, 2.75) is 0 Å². The Morgan fingerprint density at radius 2 is 2.27 bits per heavy atom. The van der Waals surface area contributed by atoms with E-state index in [1.165, 1.54) is 0 Å². The molecule has 0 spiro atoms. The van der Waals surface area contributed by atoms with Gasteiger partial charge in [0, 0.05) is 18.7 Å². The van der Waals surface area contributed by atoms with E-state index in [0.29, 0.717) is 29.4 Å². The SMILES string of the molecule is O=Cc1ccc(N2CCNC2=O)c(Cl)c1. The van der Waals surface area contributed by atoms with Gasteiger partial charge in [-0.05, 0) is 18.2 Å². The highest BCUT2D eigenvalue weighted by molar-refractivity contribution is 6.34. The summed E-state index contributed by atoms with van der Waals surface area (Å²) in [7, 11) is 0. The largest absolute Gasteiger partial charge is 0.336 e. The molecule has 0 aliphatic carbocycles. The molecule has 0 unspecified atom stereocenters. The molecular formula is C10H9ClN2O2. The van der Waals surface area contributed by atoms with E-state index in [0.717, 1.165) is 6.29 Å². The van der Waals surface area contributed by atoms with Gasteiger partial charge in [0.05, 0.1) is 10.7 Å². The average molecular weight is 225 g/mol. The second-order valence-electron chi connectivity index (χ2n) is 3.21. The van der Waals surface area contributed by atoms with E-state index >= 15 is 0 Å². The number of hydrogen-bond donors (Lipinski definition) is 1. The number of carbonyl (C=O) groups excluding carboxylic acids is 2. The zero-order valence-corrected chi connectivity index (χ0v) is 8.62. The van der Waals surface area contributed by atoms with E-state index in [1.54, 1.807) is 23.1 Å². The van der Waals surface area contributed by atoms with E-state index in [2.05, 4.69) is 5.32 Å². The summed E-state index contributed by atoms with van der Waals surface area (Å²) in [6, 6.07) is 4.71. The summed E-state index contributed by atoms with van der Waals surface area (Å²) in [6.07, 6.45) is 0.722. The van der Waals surface area contributed by atoms with Crippen molar-refractivity contribution in [3.8, 4) is 0 Å². The number of urea groups is 1. The Labute approximate surface area is 91.8 Å². The molecule has 15 heavy (non-hydrogen) atoms. The predicted molar refractivity (Wildman–Crippen MR) is 57.6 cm³/mol. The van der Waals surface area contributed by atoms with Crippen LogP contribution in [0.15, 0.2) is 18.2 Å². The highest BCUT2D eigenvalue weighted by Gasteiger charge is 2.22. The highest BCUT2D eigenvalue weighted by Crippen LogP contribution is 2.27. The van der Waals surface area contributed by atoms with Gasteiger partial charge in [-0.25, -0.2) is 4.79 Å². The fraction of sp³-hybridized carbons (Fsp3) is 0.200. The maximum absolute atomic E-state index is 11.4. The van der Waals surface area contributed by atoms with Crippen molar-refractivity contribution in [3.05, 3.63) is 28.8 Å². The van der Waals surface area contributed by atoms with E-state index in [-0.39, 0.29) is 6.03 Å². The van der Waals surface area contributed by atoms with Gasteiger partial charge in [0.25, 0.3) is 0 Å². The van der Waals surface area contributed by atoms with Crippen LogP contribution in [0.2, 0.25) is 5.02 Å². The minimum atomic E-state index is -0.157. The first-order valence-corrected chi connectivity index (χ1v) is 4.90. The molecular weight excluding hydrogens is 216 g/mol. The Balaban J connectivity index is 2.36. The standard InChI is InChI=1S/C10H9ClN2O2/c11-8-5-7(6-14)1-2-9(8)13-4-3-12-10(13)15/h1-2,5-6H,3-4H2,(H,12,15). The van der Waals surface area contributed by atoms with Gasteiger partial charge >= 0.3 is 6.03 Å². The van der Waals surface area contributed by atoms with Crippen LogP contribution >= 0.6 is 11.6 Å². The summed E-state index contributed by atoms with van der Waals surface area (Å²) in [5, 5.41) is 3.10. The van der Waals surface area contributed by atoms with Gasteiger partial charge in [-0.1, -0.05) is 11.6 Å². The quantitative estimate of drug-likeness (QED) is 0.777. The Bertz CT molecular complexity index is 420. The van der Waals surface area contributed by atoms with Crippen molar-refractivity contribution in [1.82, 2.24) is 5.32 Å². The Kier molecular flexibility index (Phi) is 2.60. The number of carbonyl (C=O) groups is 2. The third kappa shape index (κ3) is 1.80. The van der Waals surface area contributed by atoms with Crippen LogP contribution in [0.5, 0.6) is 0 Å². The summed E-state index contributed by atoms with van der Waals surface area (Å²) in [6.45, 7) is 1.21. The normalized spacial score (nSPS) is 15.3. The molecule has 1 aliphatic heterocycles. The first-order chi connectivity index (χ1) is 7.22. The fourth-order valence-corrected chi connectivity index (χ4v) is 1.81. The van der Waals surface area contributed by atoms with Crippen molar-refractivity contribution < 1.29 is 9.59 Å². The molecule has 4 nitrogen and oxygen atoms in total. The lowest BCUT2D eigenvalue weighted by molar-refractivity contribution is 0.112. The topological polar surface area (TPSA) is 49.4 Å². The molecule has 1 aromatic rings. The molecule has 0 radical (unpaired) electrons. The molecule has 78 valence electrons. The zero-order valence-electron chi connectivity index (χ0n) is 7.87. The van der Waals surface area contributed by atoms with Crippen LogP contribution < -0.4 is 10.2 Å². The maximum atomic E-state index is 11.4. The lowest BCUT2D eigenvalue weighted by Crippen LogP contribution is -2.27. The molecule has 2 amide bonds. The minimum absolute atomic E-state index is 0.157. The lowest BCUT2D eigenvalue weighted by atomic mass is 10.2. The van der Waals surface area contributed by atoms with Gasteiger partial charge in [0.2, 0.25) is 0 Å². The van der Waals surface area contributed by atoms with Gasteiger partial charge in [0.1, 0.15) is 6.29 Å². The average Bonchev–Trinajstić information content (AvgIpc) is 2.64. The molecule has 0 aromatic heterocycles. The second kappa shape index (κ2) is 3.90. The molecule has 1 saturated heterocycles. The van der Waals surface area contributed by atoms with Crippen LogP contribution in [0, 0.1) is 0 Å². The molecule has 1 aromatic carbocycles. The van der Waals surface area contributed by atoms with Crippen LogP contribution in [-0.2, 0) is 0 Å². The van der Waals surface area contributed by atoms with Gasteiger partial charge in [-0.3, -0.25) is 9.69 Å². The molecule has 1 fully saturated rings. The summed E-state index contributed by atoms with van der Waals surface area (Å²) in [4.78, 5) is 23.4. The maximum Gasteiger partial charge on any atom is 0.322 e. The second-order valence-corrected chi connectivity index (χ2v) is 3.62. The summed E-state index contributed by atoms with van der Waals surface area (Å²) in [5.74, 6) is 0.